The number of rotatable bonds is 3. The molecule has 4 rings (SSSR count). The first-order valence-corrected chi connectivity index (χ1v) is 9.32. The number of nitrogens with one attached hydrogen (secondary N) is 1. The lowest BCUT2D eigenvalue weighted by molar-refractivity contribution is -0.144. The van der Waals surface area contributed by atoms with Crippen molar-refractivity contribution in [2.45, 2.75) is 38.5 Å². The van der Waals surface area contributed by atoms with E-state index in [1.807, 2.05) is 0 Å². The maximum absolute atomic E-state index is 13.3. The first-order chi connectivity index (χ1) is 11.3. The van der Waals surface area contributed by atoms with Crippen molar-refractivity contribution in [1.82, 2.24) is 10.2 Å². The van der Waals surface area contributed by atoms with Crippen molar-refractivity contribution in [3.05, 3.63) is 35.9 Å². The molecule has 3 heteroatoms. The predicted molar refractivity (Wildman–Crippen MR) is 92.1 cm³/mol. The molecule has 1 amide bonds. The van der Waals surface area contributed by atoms with E-state index in [4.69, 9.17) is 0 Å². The highest BCUT2D eigenvalue weighted by Gasteiger charge is 2.52. The van der Waals surface area contributed by atoms with Crippen LogP contribution in [0.3, 0.4) is 0 Å². The van der Waals surface area contributed by atoms with Crippen molar-refractivity contribution in [2.24, 2.45) is 17.3 Å². The summed E-state index contributed by atoms with van der Waals surface area (Å²) in [5.41, 5.74) is 1.34. The van der Waals surface area contributed by atoms with Gasteiger partial charge in [-0.1, -0.05) is 43.2 Å². The maximum atomic E-state index is 13.3. The molecule has 3 fully saturated rings. The van der Waals surface area contributed by atoms with Crippen molar-refractivity contribution >= 4 is 5.91 Å². The molecule has 1 aliphatic carbocycles. The summed E-state index contributed by atoms with van der Waals surface area (Å²) >= 11 is 0. The highest BCUT2D eigenvalue weighted by atomic mass is 16.2. The lowest BCUT2D eigenvalue weighted by Gasteiger charge is -2.39. The Hall–Kier alpha value is -1.35. The van der Waals surface area contributed by atoms with Gasteiger partial charge in [-0.15, -0.1) is 0 Å². The van der Waals surface area contributed by atoms with Crippen LogP contribution in [0.2, 0.25) is 0 Å². The number of carbonyl (C=O) groups excluding carboxylic acids is 1. The third-order valence-corrected chi connectivity index (χ3v) is 6.40. The zero-order valence-corrected chi connectivity index (χ0v) is 14.0. The number of likely N-dealkylation sites (tertiary alicyclic amines) is 1. The number of amides is 1. The van der Waals surface area contributed by atoms with E-state index in [2.05, 4.69) is 40.5 Å². The second kappa shape index (κ2) is 6.27. The van der Waals surface area contributed by atoms with Gasteiger partial charge in [-0.2, -0.15) is 0 Å². The number of fused-ring (bicyclic) bond motifs is 1. The van der Waals surface area contributed by atoms with E-state index >= 15 is 0 Å². The molecule has 0 radical (unpaired) electrons. The lowest BCUT2D eigenvalue weighted by Crippen LogP contribution is -2.49. The molecule has 2 saturated heterocycles. The molecule has 1 unspecified atom stereocenters. The topological polar surface area (TPSA) is 32.3 Å². The third-order valence-electron chi connectivity index (χ3n) is 6.40. The van der Waals surface area contributed by atoms with Crippen LogP contribution < -0.4 is 5.32 Å². The van der Waals surface area contributed by atoms with Crippen LogP contribution in [-0.4, -0.2) is 37.0 Å². The number of hydrogen-bond acceptors (Lipinski definition) is 2. The summed E-state index contributed by atoms with van der Waals surface area (Å²) in [6, 6.07) is 10.7. The highest BCUT2D eigenvalue weighted by Crippen LogP contribution is 2.45. The molecule has 2 heterocycles. The summed E-state index contributed by atoms with van der Waals surface area (Å²) in [5.74, 6) is 1.67. The second-order valence-electron chi connectivity index (χ2n) is 7.83. The molecule has 3 nitrogen and oxygen atoms in total. The third kappa shape index (κ3) is 2.80. The van der Waals surface area contributed by atoms with Gasteiger partial charge < -0.3 is 10.2 Å². The molecule has 23 heavy (non-hydrogen) atoms. The van der Waals surface area contributed by atoms with Gasteiger partial charge in [0.05, 0.1) is 5.41 Å². The molecular formula is C20H28N2O. The minimum absolute atomic E-state index is 0.0696. The van der Waals surface area contributed by atoms with Gasteiger partial charge in [0.1, 0.15) is 0 Å². The van der Waals surface area contributed by atoms with Crippen molar-refractivity contribution in [3.63, 3.8) is 0 Å². The van der Waals surface area contributed by atoms with E-state index in [0.29, 0.717) is 17.7 Å². The van der Waals surface area contributed by atoms with Crippen LogP contribution in [0.1, 0.15) is 37.7 Å². The van der Waals surface area contributed by atoms with Gasteiger partial charge in [0, 0.05) is 19.6 Å². The van der Waals surface area contributed by atoms with E-state index in [0.717, 1.165) is 45.4 Å². The average molecular weight is 312 g/mol. The van der Waals surface area contributed by atoms with Crippen molar-refractivity contribution in [2.75, 3.05) is 26.2 Å². The van der Waals surface area contributed by atoms with Crippen LogP contribution in [0.25, 0.3) is 0 Å². The van der Waals surface area contributed by atoms with Crippen molar-refractivity contribution in [1.29, 1.82) is 0 Å². The SMILES string of the molecule is O=C(N1CCC(Cc2ccccc2)C1)[C@@]12CCCC[C@H]1CNC2. The van der Waals surface area contributed by atoms with E-state index in [1.54, 1.807) is 0 Å². The van der Waals surface area contributed by atoms with Crippen LogP contribution in [-0.2, 0) is 11.2 Å². The Bertz CT molecular complexity index is 558. The minimum Gasteiger partial charge on any atom is -0.342 e. The smallest absolute Gasteiger partial charge is 0.230 e. The number of hydrogen-bond donors (Lipinski definition) is 1. The first-order valence-electron chi connectivity index (χ1n) is 9.32. The number of carbonyl (C=O) groups is 1. The first kappa shape index (κ1) is 15.2. The normalized spacial score (nSPS) is 33.7. The molecule has 1 aromatic rings. The van der Waals surface area contributed by atoms with E-state index < -0.39 is 0 Å². The van der Waals surface area contributed by atoms with Gasteiger partial charge in [-0.3, -0.25) is 4.79 Å². The lowest BCUT2D eigenvalue weighted by atomic mass is 9.67. The highest BCUT2D eigenvalue weighted by molar-refractivity contribution is 5.84. The summed E-state index contributed by atoms with van der Waals surface area (Å²) in [4.78, 5) is 15.5. The van der Waals surface area contributed by atoms with Crippen LogP contribution in [0, 0.1) is 17.3 Å². The largest absolute Gasteiger partial charge is 0.342 e. The van der Waals surface area contributed by atoms with Crippen LogP contribution in [0.4, 0.5) is 0 Å². The average Bonchev–Trinajstić information content (AvgIpc) is 3.22. The zero-order chi connectivity index (χ0) is 15.7. The summed E-state index contributed by atoms with van der Waals surface area (Å²) in [5, 5.41) is 3.51. The van der Waals surface area contributed by atoms with Crippen LogP contribution >= 0.6 is 0 Å². The molecule has 3 atom stereocenters. The van der Waals surface area contributed by atoms with Gasteiger partial charge >= 0.3 is 0 Å². The Morgan fingerprint density at radius 3 is 2.96 bits per heavy atom. The zero-order valence-electron chi connectivity index (χ0n) is 14.0. The Labute approximate surface area is 139 Å². The minimum atomic E-state index is -0.0696. The standard InChI is InChI=1S/C20H28N2O/c23-19(20-10-5-4-8-18(20)13-21-15-20)22-11-9-17(14-22)12-16-6-2-1-3-7-16/h1-3,6-7,17-18,21H,4-5,8-15H2/t17?,18-,20+/m0/s1. The summed E-state index contributed by atoms with van der Waals surface area (Å²) < 4.78 is 0. The second-order valence-corrected chi connectivity index (χ2v) is 7.83. The molecule has 0 bridgehead atoms. The molecule has 1 aromatic carbocycles. The summed E-state index contributed by atoms with van der Waals surface area (Å²) in [6.07, 6.45) is 7.14. The molecule has 0 spiro atoms. The Balaban J connectivity index is 1.42. The predicted octanol–water partition coefficient (Wildman–Crippen LogP) is 2.86. The van der Waals surface area contributed by atoms with Crippen molar-refractivity contribution < 1.29 is 4.79 Å². The molecular weight excluding hydrogens is 284 g/mol. The molecule has 124 valence electrons. The maximum Gasteiger partial charge on any atom is 0.230 e. The molecule has 1 N–H and O–H groups in total. The quantitative estimate of drug-likeness (QED) is 0.931. The fraction of sp³-hybridized carbons (Fsp3) is 0.650. The Morgan fingerprint density at radius 1 is 1.22 bits per heavy atom. The fourth-order valence-corrected chi connectivity index (χ4v) is 5.11. The van der Waals surface area contributed by atoms with E-state index in [-0.39, 0.29) is 5.41 Å². The number of nitrogens with zero attached hydrogens (tertiary/aromatic N) is 1. The van der Waals surface area contributed by atoms with Gasteiger partial charge in [0.25, 0.3) is 0 Å². The molecule has 0 aromatic heterocycles. The van der Waals surface area contributed by atoms with Gasteiger partial charge in [-0.25, -0.2) is 0 Å². The Kier molecular flexibility index (Phi) is 4.14. The summed E-state index contributed by atoms with van der Waals surface area (Å²) in [7, 11) is 0. The van der Waals surface area contributed by atoms with Crippen LogP contribution in [0.5, 0.6) is 0 Å². The molecule has 1 saturated carbocycles. The van der Waals surface area contributed by atoms with E-state index in [1.165, 1.54) is 24.8 Å². The number of benzene rings is 1. The van der Waals surface area contributed by atoms with E-state index in [9.17, 15) is 4.79 Å². The monoisotopic (exact) mass is 312 g/mol. The molecule has 2 aliphatic heterocycles. The fourth-order valence-electron chi connectivity index (χ4n) is 5.11. The van der Waals surface area contributed by atoms with Gasteiger partial charge in [0.2, 0.25) is 5.91 Å². The molecule has 3 aliphatic rings. The van der Waals surface area contributed by atoms with Gasteiger partial charge in [-0.05, 0) is 49.6 Å². The van der Waals surface area contributed by atoms with Gasteiger partial charge in [0.15, 0.2) is 0 Å². The van der Waals surface area contributed by atoms with Crippen molar-refractivity contribution in [3.8, 4) is 0 Å². The van der Waals surface area contributed by atoms with Crippen LogP contribution in [0.15, 0.2) is 30.3 Å². The Morgan fingerprint density at radius 2 is 2.09 bits per heavy atom. The summed E-state index contributed by atoms with van der Waals surface area (Å²) in [6.45, 7) is 3.89.